The number of phenols is 1. The Bertz CT molecular complexity index is 930. The second-order valence-electron chi connectivity index (χ2n) is 9.31. The van der Waals surface area contributed by atoms with Crippen molar-refractivity contribution in [2.75, 3.05) is 13.2 Å². The molecule has 12 atom stereocenters. The molecule has 1 aliphatic carbocycles. The number of hydrogen-bond donors (Lipinski definition) is 6. The number of carbonyl (C=O) groups is 1. The SMILES string of the molecule is O=C(O[C@H]1[C@@H]2C[C@@H]3OC[C@@](O)(C2[C@H](O[C@@H]2O[C@H](CO)[C@@H](O)[C@H](O)[C@H]2O)O3)[C@@H]1Cl)c1ccc(O)cc1. The number of hydrogen-bond acceptors (Lipinski definition) is 12. The molecule has 1 unspecified atom stereocenters. The number of benzene rings is 1. The molecule has 0 amide bonds. The molecule has 13 heteroatoms. The highest BCUT2D eigenvalue weighted by Gasteiger charge is 2.68. The number of aliphatic hydroxyl groups is 5. The molecule has 12 nitrogen and oxygen atoms in total. The monoisotopic (exact) mass is 518 g/mol. The first-order valence-electron chi connectivity index (χ1n) is 11.2. The lowest BCUT2D eigenvalue weighted by atomic mass is 9.83. The molecule has 1 saturated carbocycles. The Hall–Kier alpha value is -1.58. The van der Waals surface area contributed by atoms with Crippen molar-refractivity contribution in [3.63, 3.8) is 0 Å². The van der Waals surface area contributed by atoms with Gasteiger partial charge in [0.15, 0.2) is 18.9 Å². The van der Waals surface area contributed by atoms with Gasteiger partial charge in [0.25, 0.3) is 0 Å². The van der Waals surface area contributed by atoms with Gasteiger partial charge in [-0.25, -0.2) is 4.79 Å². The number of fused-ring (bicyclic) bond motifs is 2. The summed E-state index contributed by atoms with van der Waals surface area (Å²) >= 11 is 6.62. The van der Waals surface area contributed by atoms with E-state index in [2.05, 4.69) is 0 Å². The largest absolute Gasteiger partial charge is 0.508 e. The quantitative estimate of drug-likeness (QED) is 0.194. The first-order chi connectivity index (χ1) is 16.6. The molecular weight excluding hydrogens is 492 g/mol. The maximum absolute atomic E-state index is 12.8. The molecule has 194 valence electrons. The molecule has 35 heavy (non-hydrogen) atoms. The summed E-state index contributed by atoms with van der Waals surface area (Å²) in [6.45, 7) is -0.869. The summed E-state index contributed by atoms with van der Waals surface area (Å²) in [7, 11) is 0. The average molecular weight is 519 g/mol. The molecule has 5 fully saturated rings. The van der Waals surface area contributed by atoms with Crippen molar-refractivity contribution in [2.24, 2.45) is 11.8 Å². The van der Waals surface area contributed by atoms with E-state index in [1.807, 2.05) is 0 Å². The van der Waals surface area contributed by atoms with Crippen LogP contribution in [0.25, 0.3) is 0 Å². The van der Waals surface area contributed by atoms with Gasteiger partial charge >= 0.3 is 5.97 Å². The van der Waals surface area contributed by atoms with Gasteiger partial charge in [0.05, 0.1) is 18.8 Å². The highest BCUT2D eigenvalue weighted by atomic mass is 35.5. The predicted molar refractivity (Wildman–Crippen MR) is 113 cm³/mol. The Balaban J connectivity index is 1.38. The van der Waals surface area contributed by atoms with Gasteiger partial charge in [-0.05, 0) is 24.3 Å². The van der Waals surface area contributed by atoms with Gasteiger partial charge in [0.1, 0.15) is 47.2 Å². The van der Waals surface area contributed by atoms with E-state index in [4.69, 9.17) is 35.3 Å². The number of aromatic hydroxyl groups is 1. The summed E-state index contributed by atoms with van der Waals surface area (Å²) in [4.78, 5) is 12.8. The van der Waals surface area contributed by atoms with E-state index in [1.54, 1.807) is 0 Å². The summed E-state index contributed by atoms with van der Waals surface area (Å²) in [5.74, 6) is -2.13. The van der Waals surface area contributed by atoms with Gasteiger partial charge in [-0.3, -0.25) is 0 Å². The van der Waals surface area contributed by atoms with Crippen LogP contribution in [-0.2, 0) is 23.7 Å². The fourth-order valence-corrected chi connectivity index (χ4v) is 5.81. The molecule has 0 spiro atoms. The normalized spacial score (nSPS) is 46.9. The minimum Gasteiger partial charge on any atom is -0.508 e. The van der Waals surface area contributed by atoms with Crippen LogP contribution in [0.2, 0.25) is 0 Å². The Morgan fingerprint density at radius 2 is 1.80 bits per heavy atom. The molecule has 4 bridgehead atoms. The Morgan fingerprint density at radius 1 is 1.09 bits per heavy atom. The van der Waals surface area contributed by atoms with Crippen LogP contribution in [0, 0.1) is 11.8 Å². The topological polar surface area (TPSA) is 185 Å². The van der Waals surface area contributed by atoms with Crippen LogP contribution in [0.15, 0.2) is 24.3 Å². The zero-order chi connectivity index (χ0) is 25.1. The van der Waals surface area contributed by atoms with Crippen molar-refractivity contribution < 1.29 is 59.1 Å². The molecule has 0 radical (unpaired) electrons. The molecule has 4 aliphatic heterocycles. The number of halogens is 1. The lowest BCUT2D eigenvalue weighted by molar-refractivity contribution is -0.370. The van der Waals surface area contributed by atoms with Crippen molar-refractivity contribution >= 4 is 17.6 Å². The fourth-order valence-electron chi connectivity index (χ4n) is 5.37. The van der Waals surface area contributed by atoms with Gasteiger partial charge in [0, 0.05) is 18.3 Å². The zero-order valence-electron chi connectivity index (χ0n) is 18.3. The lowest BCUT2D eigenvalue weighted by Crippen LogP contribution is -2.61. The van der Waals surface area contributed by atoms with Crippen LogP contribution >= 0.6 is 11.6 Å². The second kappa shape index (κ2) is 9.38. The molecule has 6 N–H and O–H groups in total. The minimum absolute atomic E-state index is 0.0147. The standard InChI is InChI=1S/C22H27ClO12/c23-18-17(34-19(29)8-1-3-9(25)4-2-8)10-5-12-31-7-22(18,30)13(10)20(33-12)35-21-16(28)15(27)14(26)11(6-24)32-21/h1-4,10-18,20-21,24-28,30H,5-7H2/t10-,11-,12-,13?,14-,15+,16-,17+,18-,20+,21+,22-/m1/s1. The number of carbonyl (C=O) groups excluding carboxylic acids is 1. The number of rotatable bonds is 5. The summed E-state index contributed by atoms with van der Waals surface area (Å²) in [5.41, 5.74) is -1.56. The highest BCUT2D eigenvalue weighted by molar-refractivity contribution is 6.22. The second-order valence-corrected chi connectivity index (χ2v) is 9.78. The Morgan fingerprint density at radius 3 is 2.49 bits per heavy atom. The number of phenolic OH excluding ortho intramolecular Hbond substituents is 1. The van der Waals surface area contributed by atoms with Crippen molar-refractivity contribution in [3.05, 3.63) is 29.8 Å². The van der Waals surface area contributed by atoms with E-state index in [9.17, 15) is 35.4 Å². The van der Waals surface area contributed by atoms with E-state index in [-0.39, 0.29) is 24.3 Å². The number of ether oxygens (including phenoxy) is 5. The minimum atomic E-state index is -1.74. The smallest absolute Gasteiger partial charge is 0.338 e. The number of esters is 1. The zero-order valence-corrected chi connectivity index (χ0v) is 19.0. The van der Waals surface area contributed by atoms with E-state index >= 15 is 0 Å². The summed E-state index contributed by atoms with van der Waals surface area (Å²) in [5, 5.41) is 59.8. The molecule has 5 aliphatic rings. The van der Waals surface area contributed by atoms with Gasteiger partial charge in [-0.15, -0.1) is 11.6 Å². The third-order valence-corrected chi connectivity index (χ3v) is 7.86. The van der Waals surface area contributed by atoms with Gasteiger partial charge in [-0.2, -0.15) is 0 Å². The van der Waals surface area contributed by atoms with Gasteiger partial charge in [0.2, 0.25) is 0 Å². The van der Waals surface area contributed by atoms with E-state index in [0.717, 1.165) is 0 Å². The third-order valence-electron chi connectivity index (χ3n) is 7.23. The lowest BCUT2D eigenvalue weighted by Gasteiger charge is -2.44. The van der Waals surface area contributed by atoms with Crippen LogP contribution in [0.5, 0.6) is 5.75 Å². The van der Waals surface area contributed by atoms with Crippen LogP contribution < -0.4 is 0 Å². The van der Waals surface area contributed by atoms with E-state index in [1.165, 1.54) is 24.3 Å². The number of alkyl halides is 1. The first-order valence-corrected chi connectivity index (χ1v) is 11.7. The van der Waals surface area contributed by atoms with Crippen LogP contribution in [-0.4, -0.2) is 110 Å². The maximum atomic E-state index is 12.8. The fraction of sp³-hybridized carbons (Fsp3) is 0.682. The van der Waals surface area contributed by atoms with Gasteiger partial charge < -0.3 is 54.3 Å². The van der Waals surface area contributed by atoms with Crippen LogP contribution in [0.4, 0.5) is 0 Å². The molecule has 1 aromatic rings. The van der Waals surface area contributed by atoms with Crippen molar-refractivity contribution in [1.29, 1.82) is 0 Å². The van der Waals surface area contributed by atoms with E-state index in [0.29, 0.717) is 0 Å². The van der Waals surface area contributed by atoms with Crippen LogP contribution in [0.1, 0.15) is 16.8 Å². The van der Waals surface area contributed by atoms with E-state index < -0.39 is 84.8 Å². The van der Waals surface area contributed by atoms with Crippen LogP contribution in [0.3, 0.4) is 0 Å². The van der Waals surface area contributed by atoms with Gasteiger partial charge in [-0.1, -0.05) is 0 Å². The molecule has 6 rings (SSSR count). The third kappa shape index (κ3) is 4.21. The van der Waals surface area contributed by atoms with Crippen molar-refractivity contribution in [2.45, 2.75) is 66.8 Å². The first kappa shape index (κ1) is 25.1. The summed E-state index contributed by atoms with van der Waals surface area (Å²) in [6.07, 6.45) is -10.4. The molecule has 1 aromatic carbocycles. The summed E-state index contributed by atoms with van der Waals surface area (Å²) < 4.78 is 28.4. The average Bonchev–Trinajstić information content (AvgIpc) is 2.95. The maximum Gasteiger partial charge on any atom is 0.338 e. The van der Waals surface area contributed by atoms with Crippen molar-refractivity contribution in [3.8, 4) is 5.75 Å². The predicted octanol–water partition coefficient (Wildman–Crippen LogP) is -1.58. The Labute approximate surface area is 204 Å². The molecular formula is C22H27ClO12. The highest BCUT2D eigenvalue weighted by Crippen LogP contribution is 2.55. The van der Waals surface area contributed by atoms with Crippen molar-refractivity contribution in [1.82, 2.24) is 0 Å². The molecule has 0 aromatic heterocycles. The summed E-state index contributed by atoms with van der Waals surface area (Å²) in [6, 6.07) is 5.47. The Kier molecular flexibility index (Phi) is 6.72. The molecule has 4 heterocycles. The molecule has 4 saturated heterocycles. The number of aliphatic hydroxyl groups excluding tert-OH is 4.